The van der Waals surface area contributed by atoms with Crippen LogP contribution in [0.2, 0.25) is 0 Å². The first-order valence-electron chi connectivity index (χ1n) is 6.26. The third kappa shape index (κ3) is 2.14. The molecule has 0 heterocycles. The fraction of sp³-hybridized carbons (Fsp3) is 0.111. The molecule has 3 rings (SSSR count). The molecule has 3 heteroatoms. The van der Waals surface area contributed by atoms with Crippen molar-refractivity contribution in [2.45, 2.75) is 5.60 Å². The first kappa shape index (κ1) is 14.4. The van der Waals surface area contributed by atoms with E-state index in [0.29, 0.717) is 0 Å². The molecule has 0 amide bonds. The van der Waals surface area contributed by atoms with Gasteiger partial charge in [0.25, 0.3) is 0 Å². The van der Waals surface area contributed by atoms with E-state index in [-0.39, 0.29) is 0 Å². The minimum atomic E-state index is -0.829. The smallest absolute Gasteiger partial charge is 0.181 e. The lowest BCUT2D eigenvalue weighted by atomic mass is 9.92. The zero-order chi connectivity index (χ0) is 15.0. The lowest BCUT2D eigenvalue weighted by molar-refractivity contribution is 0.0781. The molecule has 0 radical (unpaired) electrons. The van der Waals surface area contributed by atoms with Gasteiger partial charge in [0, 0.05) is 27.2 Å². The Bertz CT molecular complexity index is 783. The first-order chi connectivity index (χ1) is 10.1. The van der Waals surface area contributed by atoms with Gasteiger partial charge in [-0.2, -0.15) is 0 Å². The van der Waals surface area contributed by atoms with E-state index in [9.17, 15) is 0 Å². The highest BCUT2D eigenvalue weighted by molar-refractivity contribution is 9.10. The van der Waals surface area contributed by atoms with Crippen molar-refractivity contribution in [3.05, 3.63) is 56.5 Å². The van der Waals surface area contributed by atoms with Gasteiger partial charge in [0.1, 0.15) is 0 Å². The van der Waals surface area contributed by atoms with Gasteiger partial charge in [-0.25, -0.2) is 0 Å². The van der Waals surface area contributed by atoms with Crippen molar-refractivity contribution in [1.29, 1.82) is 0 Å². The number of rotatable bonds is 1. The number of ether oxygens (including phenoxy) is 1. The van der Waals surface area contributed by atoms with E-state index in [0.717, 1.165) is 31.2 Å². The van der Waals surface area contributed by atoms with Gasteiger partial charge >= 0.3 is 0 Å². The van der Waals surface area contributed by atoms with Crippen LogP contribution in [0.4, 0.5) is 0 Å². The first-order valence-corrected chi connectivity index (χ1v) is 7.84. The van der Waals surface area contributed by atoms with Crippen molar-refractivity contribution in [1.82, 2.24) is 0 Å². The van der Waals surface area contributed by atoms with E-state index in [2.05, 4.69) is 61.8 Å². The van der Waals surface area contributed by atoms with E-state index < -0.39 is 5.60 Å². The van der Waals surface area contributed by atoms with Crippen LogP contribution in [0, 0.1) is 24.2 Å². The van der Waals surface area contributed by atoms with Crippen molar-refractivity contribution >= 4 is 31.9 Å². The molecule has 0 saturated carbocycles. The molecule has 0 aromatic heterocycles. The summed E-state index contributed by atoms with van der Waals surface area (Å²) >= 11 is 7.04. The number of hydrogen-bond donors (Lipinski definition) is 0. The second-order valence-electron chi connectivity index (χ2n) is 4.66. The maximum Gasteiger partial charge on any atom is 0.181 e. The Hall–Kier alpha value is -1.52. The van der Waals surface area contributed by atoms with E-state index in [1.165, 1.54) is 0 Å². The summed E-state index contributed by atoms with van der Waals surface area (Å²) in [5.41, 5.74) is 3.43. The second kappa shape index (κ2) is 5.35. The van der Waals surface area contributed by atoms with Crippen molar-refractivity contribution in [2.24, 2.45) is 0 Å². The highest BCUT2D eigenvalue weighted by atomic mass is 79.9. The summed E-state index contributed by atoms with van der Waals surface area (Å²) in [4.78, 5) is 0. The second-order valence-corrected chi connectivity index (χ2v) is 6.49. The minimum absolute atomic E-state index is 0.829. The SMILES string of the molecule is C#CC#CC1(OC)c2cc(Br)ccc2-c2ccc(Br)cc21. The summed E-state index contributed by atoms with van der Waals surface area (Å²) in [5.74, 6) is 8.22. The van der Waals surface area contributed by atoms with Crippen LogP contribution < -0.4 is 0 Å². The van der Waals surface area contributed by atoms with Gasteiger partial charge in [-0.1, -0.05) is 44.0 Å². The Morgan fingerprint density at radius 3 is 1.95 bits per heavy atom. The fourth-order valence-electron chi connectivity index (χ4n) is 2.76. The predicted molar refractivity (Wildman–Crippen MR) is 91.7 cm³/mol. The maximum absolute atomic E-state index is 5.85. The van der Waals surface area contributed by atoms with E-state index >= 15 is 0 Å². The lowest BCUT2D eigenvalue weighted by Gasteiger charge is -2.24. The van der Waals surface area contributed by atoms with Crippen LogP contribution in [0.5, 0.6) is 0 Å². The van der Waals surface area contributed by atoms with E-state index in [1.807, 2.05) is 24.3 Å². The topological polar surface area (TPSA) is 9.23 Å². The van der Waals surface area contributed by atoms with E-state index in [1.54, 1.807) is 7.11 Å². The Morgan fingerprint density at radius 2 is 1.52 bits per heavy atom. The Kier molecular flexibility index (Phi) is 3.68. The van der Waals surface area contributed by atoms with Crippen LogP contribution in [0.15, 0.2) is 45.3 Å². The molecule has 0 spiro atoms. The van der Waals surface area contributed by atoms with Crippen LogP contribution in [0.3, 0.4) is 0 Å². The molecule has 2 aromatic carbocycles. The fourth-order valence-corrected chi connectivity index (χ4v) is 3.48. The Labute approximate surface area is 141 Å². The molecular weight excluding hydrogens is 392 g/mol. The summed E-state index contributed by atoms with van der Waals surface area (Å²) in [6.07, 6.45) is 5.32. The molecule has 0 N–H and O–H groups in total. The van der Waals surface area contributed by atoms with Gasteiger partial charge in [-0.15, -0.1) is 6.42 Å². The molecule has 21 heavy (non-hydrogen) atoms. The van der Waals surface area contributed by atoms with Crippen LogP contribution >= 0.6 is 31.9 Å². The molecule has 0 saturated heterocycles. The van der Waals surface area contributed by atoms with Gasteiger partial charge in [-0.05, 0) is 53.2 Å². The molecular formula is C18H10Br2O. The molecule has 1 nitrogen and oxygen atoms in total. The van der Waals surface area contributed by atoms with Crippen molar-refractivity contribution in [3.63, 3.8) is 0 Å². The van der Waals surface area contributed by atoms with Crippen LogP contribution in [0.25, 0.3) is 11.1 Å². The maximum atomic E-state index is 5.85. The standard InChI is InChI=1S/C18H10Br2O/c1-3-4-9-18(21-2)16-10-12(19)5-7-14(16)15-8-6-13(20)11-17(15)18/h1,5-8,10-11H,2H3. The number of methoxy groups -OCH3 is 1. The van der Waals surface area contributed by atoms with Gasteiger partial charge in [0.05, 0.1) is 0 Å². The average molecular weight is 402 g/mol. The monoisotopic (exact) mass is 400 g/mol. The van der Waals surface area contributed by atoms with Crippen molar-refractivity contribution in [3.8, 4) is 35.3 Å². The quantitative estimate of drug-likeness (QED) is 0.628. The highest BCUT2D eigenvalue weighted by Gasteiger charge is 2.42. The average Bonchev–Trinajstić information content (AvgIpc) is 2.74. The normalized spacial score (nSPS) is 13.6. The molecule has 0 fully saturated rings. The summed E-state index contributed by atoms with van der Waals surface area (Å²) in [5, 5.41) is 0. The van der Waals surface area contributed by atoms with Gasteiger partial charge in [0.2, 0.25) is 0 Å². The van der Waals surface area contributed by atoms with Crippen molar-refractivity contribution in [2.75, 3.05) is 7.11 Å². The predicted octanol–water partition coefficient (Wildman–Crippen LogP) is 4.72. The number of fused-ring (bicyclic) bond motifs is 3. The summed E-state index contributed by atoms with van der Waals surface area (Å²) in [6.45, 7) is 0. The third-order valence-corrected chi connectivity index (χ3v) is 4.62. The van der Waals surface area contributed by atoms with Crippen LogP contribution in [0.1, 0.15) is 11.1 Å². The Morgan fingerprint density at radius 1 is 1.00 bits per heavy atom. The van der Waals surface area contributed by atoms with Crippen LogP contribution in [-0.2, 0) is 10.3 Å². The molecule has 0 atom stereocenters. The molecule has 2 aromatic rings. The zero-order valence-corrected chi connectivity index (χ0v) is 14.4. The molecule has 0 unspecified atom stereocenters. The minimum Gasteiger partial charge on any atom is -0.357 e. The number of terminal acetylenes is 1. The van der Waals surface area contributed by atoms with Gasteiger partial charge in [-0.3, -0.25) is 0 Å². The summed E-state index contributed by atoms with van der Waals surface area (Å²) < 4.78 is 7.82. The van der Waals surface area contributed by atoms with Crippen molar-refractivity contribution < 1.29 is 4.74 Å². The molecule has 102 valence electrons. The van der Waals surface area contributed by atoms with E-state index in [4.69, 9.17) is 11.2 Å². The largest absolute Gasteiger partial charge is 0.357 e. The zero-order valence-electron chi connectivity index (χ0n) is 11.2. The number of benzene rings is 2. The molecule has 1 aliphatic rings. The third-order valence-electron chi connectivity index (χ3n) is 3.63. The molecule has 1 aliphatic carbocycles. The summed E-state index contributed by atoms with van der Waals surface area (Å²) in [7, 11) is 1.66. The number of halogens is 2. The summed E-state index contributed by atoms with van der Waals surface area (Å²) in [6, 6.07) is 12.3. The molecule has 0 aliphatic heterocycles. The van der Waals surface area contributed by atoms with Gasteiger partial charge < -0.3 is 4.74 Å². The number of hydrogen-bond acceptors (Lipinski definition) is 1. The van der Waals surface area contributed by atoms with Crippen LogP contribution in [-0.4, -0.2) is 7.11 Å². The lowest BCUT2D eigenvalue weighted by Crippen LogP contribution is -2.25. The Balaban J connectivity index is 2.42. The van der Waals surface area contributed by atoms with Gasteiger partial charge in [0.15, 0.2) is 5.60 Å². The molecule has 0 bridgehead atoms. The highest BCUT2D eigenvalue weighted by Crippen LogP contribution is 2.50.